The molecule has 1 N–H and O–H groups in total. The fourth-order valence-electron chi connectivity index (χ4n) is 2.37. The number of fused-ring (bicyclic) bond motifs is 1. The first-order chi connectivity index (χ1) is 8.15. The quantitative estimate of drug-likeness (QED) is 0.820. The Morgan fingerprint density at radius 2 is 2.18 bits per heavy atom. The Bertz CT molecular complexity index is 531. The highest BCUT2D eigenvalue weighted by Gasteiger charge is 2.30. The molecular weight excluding hydrogens is 220 g/mol. The molecule has 5 nitrogen and oxygen atoms in total. The summed E-state index contributed by atoms with van der Waals surface area (Å²) in [6.45, 7) is 0.475. The maximum absolute atomic E-state index is 11.9. The van der Waals surface area contributed by atoms with Crippen LogP contribution in [0, 0.1) is 5.92 Å². The average molecular weight is 234 g/mol. The zero-order chi connectivity index (χ0) is 12.0. The molecule has 1 atom stereocenters. The summed E-state index contributed by atoms with van der Waals surface area (Å²) in [5, 5.41) is 9.01. The van der Waals surface area contributed by atoms with Crippen molar-refractivity contribution in [1.29, 1.82) is 0 Å². The lowest BCUT2D eigenvalue weighted by Crippen LogP contribution is -2.34. The van der Waals surface area contributed by atoms with Crippen LogP contribution in [-0.2, 0) is 17.8 Å². The van der Waals surface area contributed by atoms with Gasteiger partial charge in [0.2, 0.25) is 0 Å². The lowest BCUT2D eigenvalue weighted by molar-refractivity contribution is -0.142. The number of rotatable bonds is 2. The van der Waals surface area contributed by atoms with Crippen molar-refractivity contribution in [1.82, 2.24) is 9.55 Å². The van der Waals surface area contributed by atoms with E-state index in [-0.39, 0.29) is 5.56 Å². The summed E-state index contributed by atoms with van der Waals surface area (Å²) in [6, 6.07) is 1.61. The van der Waals surface area contributed by atoms with Crippen LogP contribution in [0.25, 0.3) is 0 Å². The lowest BCUT2D eigenvalue weighted by atomic mass is 9.97. The predicted octanol–water partition coefficient (Wildman–Crippen LogP) is 0.768. The van der Waals surface area contributed by atoms with E-state index in [9.17, 15) is 9.59 Å². The molecule has 0 bridgehead atoms. The van der Waals surface area contributed by atoms with Crippen molar-refractivity contribution in [3.63, 3.8) is 0 Å². The third-order valence-corrected chi connectivity index (χ3v) is 3.58. The maximum atomic E-state index is 11.9. The monoisotopic (exact) mass is 234 g/mol. The van der Waals surface area contributed by atoms with Crippen LogP contribution >= 0.6 is 0 Å². The van der Waals surface area contributed by atoms with Crippen molar-refractivity contribution in [2.75, 3.05) is 0 Å². The van der Waals surface area contributed by atoms with Crippen LogP contribution in [0.5, 0.6) is 0 Å². The summed E-state index contributed by atoms with van der Waals surface area (Å²) in [4.78, 5) is 27.3. The van der Waals surface area contributed by atoms with E-state index >= 15 is 0 Å². The molecule has 90 valence electrons. The van der Waals surface area contributed by atoms with E-state index in [1.807, 2.05) is 0 Å². The van der Waals surface area contributed by atoms with E-state index in [0.717, 1.165) is 18.5 Å². The molecule has 0 saturated heterocycles. The van der Waals surface area contributed by atoms with Crippen molar-refractivity contribution in [2.24, 2.45) is 5.92 Å². The molecule has 0 spiro atoms. The van der Waals surface area contributed by atoms with Gasteiger partial charge in [-0.15, -0.1) is 0 Å². The van der Waals surface area contributed by atoms with Crippen LogP contribution in [0.4, 0.5) is 0 Å². The molecule has 1 fully saturated rings. The number of nitrogens with zero attached hydrogens (tertiary/aromatic N) is 2. The van der Waals surface area contributed by atoms with Gasteiger partial charge < -0.3 is 5.11 Å². The molecule has 0 amide bonds. The van der Waals surface area contributed by atoms with E-state index in [2.05, 4.69) is 4.98 Å². The van der Waals surface area contributed by atoms with Gasteiger partial charge in [0.15, 0.2) is 0 Å². The highest BCUT2D eigenvalue weighted by Crippen LogP contribution is 2.38. The van der Waals surface area contributed by atoms with Crippen molar-refractivity contribution in [3.05, 3.63) is 27.9 Å². The number of hydrogen-bond donors (Lipinski definition) is 1. The molecule has 2 heterocycles. The van der Waals surface area contributed by atoms with E-state index < -0.39 is 11.9 Å². The Kier molecular flexibility index (Phi) is 2.28. The summed E-state index contributed by atoms with van der Waals surface area (Å²) < 4.78 is 1.62. The van der Waals surface area contributed by atoms with Crippen LogP contribution in [0.2, 0.25) is 0 Å². The minimum absolute atomic E-state index is 0.0271. The van der Waals surface area contributed by atoms with E-state index in [1.54, 1.807) is 10.6 Å². The van der Waals surface area contributed by atoms with Crippen LogP contribution in [0.15, 0.2) is 10.9 Å². The van der Waals surface area contributed by atoms with E-state index in [1.165, 1.54) is 0 Å². The van der Waals surface area contributed by atoms with Gasteiger partial charge >= 0.3 is 5.97 Å². The number of carbonyl (C=O) groups is 1. The summed E-state index contributed by atoms with van der Waals surface area (Å²) in [6.07, 6.45) is 3.09. The Morgan fingerprint density at radius 3 is 2.82 bits per heavy atom. The normalized spacial score (nSPS) is 23.2. The molecule has 17 heavy (non-hydrogen) atoms. The van der Waals surface area contributed by atoms with Crippen molar-refractivity contribution in [3.8, 4) is 0 Å². The fourth-order valence-corrected chi connectivity index (χ4v) is 2.37. The van der Waals surface area contributed by atoms with Gasteiger partial charge in [-0.1, -0.05) is 0 Å². The van der Waals surface area contributed by atoms with Gasteiger partial charge in [0.05, 0.1) is 11.6 Å². The van der Waals surface area contributed by atoms with Crippen molar-refractivity contribution >= 4 is 5.97 Å². The van der Waals surface area contributed by atoms with Crippen LogP contribution < -0.4 is 5.56 Å². The maximum Gasteiger partial charge on any atom is 0.307 e. The Morgan fingerprint density at radius 1 is 1.41 bits per heavy atom. The first-order valence-corrected chi connectivity index (χ1v) is 5.98. The van der Waals surface area contributed by atoms with Crippen LogP contribution in [0.3, 0.4) is 0 Å². The summed E-state index contributed by atoms with van der Waals surface area (Å²) in [5.74, 6) is -0.101. The molecule has 1 saturated carbocycles. The second-order valence-electron chi connectivity index (χ2n) is 4.89. The van der Waals surface area contributed by atoms with Crippen molar-refractivity contribution in [2.45, 2.75) is 38.1 Å². The first-order valence-electron chi connectivity index (χ1n) is 5.98. The van der Waals surface area contributed by atoms with E-state index in [4.69, 9.17) is 5.11 Å². The number of aliphatic carboxylic acids is 1. The number of carboxylic acid groups (broad SMARTS) is 1. The Balaban J connectivity index is 1.99. The summed E-state index contributed by atoms with van der Waals surface area (Å²) in [5.41, 5.74) is 0.827. The standard InChI is InChI=1S/C12H14N2O3/c15-11-6-9(7-1-2-7)13-10-5-8(12(16)17)3-4-14(10)11/h6-8H,1-5H2,(H,16,17). The van der Waals surface area contributed by atoms with Gasteiger partial charge in [0, 0.05) is 24.9 Å². The molecule has 1 aliphatic heterocycles. The van der Waals surface area contributed by atoms with Crippen LogP contribution in [0.1, 0.15) is 36.7 Å². The second-order valence-corrected chi connectivity index (χ2v) is 4.89. The third-order valence-electron chi connectivity index (χ3n) is 3.58. The molecule has 1 aromatic heterocycles. The molecule has 2 aliphatic rings. The summed E-state index contributed by atoms with van der Waals surface area (Å²) >= 11 is 0. The zero-order valence-electron chi connectivity index (χ0n) is 9.43. The van der Waals surface area contributed by atoms with Gasteiger partial charge in [-0.05, 0) is 19.3 Å². The number of carboxylic acids is 1. The summed E-state index contributed by atoms with van der Waals surface area (Å²) in [7, 11) is 0. The lowest BCUT2D eigenvalue weighted by Gasteiger charge is -2.22. The van der Waals surface area contributed by atoms with Gasteiger partial charge in [-0.2, -0.15) is 0 Å². The molecule has 0 aromatic carbocycles. The van der Waals surface area contributed by atoms with Gasteiger partial charge in [0.1, 0.15) is 5.82 Å². The zero-order valence-corrected chi connectivity index (χ0v) is 9.43. The van der Waals surface area contributed by atoms with E-state index in [0.29, 0.717) is 31.1 Å². The molecule has 5 heteroatoms. The van der Waals surface area contributed by atoms with Crippen LogP contribution in [-0.4, -0.2) is 20.6 Å². The molecule has 1 aromatic rings. The molecule has 3 rings (SSSR count). The average Bonchev–Trinajstić information content (AvgIpc) is 3.11. The molecule has 1 unspecified atom stereocenters. The Hall–Kier alpha value is -1.65. The smallest absolute Gasteiger partial charge is 0.307 e. The highest BCUT2D eigenvalue weighted by molar-refractivity contribution is 5.70. The number of hydrogen-bond acceptors (Lipinski definition) is 3. The Labute approximate surface area is 98.1 Å². The number of aromatic nitrogens is 2. The topological polar surface area (TPSA) is 72.2 Å². The minimum atomic E-state index is -0.790. The first kappa shape index (κ1) is 10.5. The highest BCUT2D eigenvalue weighted by atomic mass is 16.4. The molecule has 0 radical (unpaired) electrons. The fraction of sp³-hybridized carbons (Fsp3) is 0.583. The predicted molar refractivity (Wildman–Crippen MR) is 59.9 cm³/mol. The SMILES string of the molecule is O=C(O)C1CCn2c(nc(C3CC3)cc2=O)C1. The largest absolute Gasteiger partial charge is 0.481 e. The van der Waals surface area contributed by atoms with Gasteiger partial charge in [0.25, 0.3) is 5.56 Å². The van der Waals surface area contributed by atoms with Gasteiger partial charge in [-0.25, -0.2) is 4.98 Å². The van der Waals surface area contributed by atoms with Crippen molar-refractivity contribution < 1.29 is 9.90 Å². The molecular formula is C12H14N2O3. The second kappa shape index (κ2) is 3.68. The van der Waals surface area contributed by atoms with Gasteiger partial charge in [-0.3, -0.25) is 14.2 Å². The minimum Gasteiger partial charge on any atom is -0.481 e. The third kappa shape index (κ3) is 1.85. The molecule has 1 aliphatic carbocycles.